The van der Waals surface area contributed by atoms with Gasteiger partial charge in [-0.05, 0) is 19.1 Å². The van der Waals surface area contributed by atoms with Crippen LogP contribution in [0.4, 0.5) is 14.9 Å². The largest absolute Gasteiger partial charge is 0.495 e. The number of nitrogens with one attached hydrogen (secondary N) is 2. The highest BCUT2D eigenvalue weighted by Crippen LogP contribution is 2.24. The van der Waals surface area contributed by atoms with Crippen molar-refractivity contribution in [1.29, 1.82) is 0 Å². The van der Waals surface area contributed by atoms with E-state index in [1.54, 1.807) is 6.92 Å². The van der Waals surface area contributed by atoms with Crippen LogP contribution in [0.25, 0.3) is 0 Å². The average molecular weight is 242 g/mol. The lowest BCUT2D eigenvalue weighted by atomic mass is 10.3. The van der Waals surface area contributed by atoms with Gasteiger partial charge in [-0.25, -0.2) is 9.18 Å². The van der Waals surface area contributed by atoms with Gasteiger partial charge in [0.1, 0.15) is 11.6 Å². The minimum Gasteiger partial charge on any atom is -0.495 e. The second-order valence-corrected chi connectivity index (χ2v) is 3.53. The summed E-state index contributed by atoms with van der Waals surface area (Å²) in [5.41, 5.74) is 0.232. The van der Waals surface area contributed by atoms with E-state index in [0.717, 1.165) is 6.07 Å². The van der Waals surface area contributed by atoms with Crippen molar-refractivity contribution < 1.29 is 19.0 Å². The maximum Gasteiger partial charge on any atom is 0.319 e. The topological polar surface area (TPSA) is 70.6 Å². The molecule has 2 amide bonds. The Kier molecular flexibility index (Phi) is 4.71. The molecule has 1 rings (SSSR count). The number of ether oxygens (including phenoxy) is 1. The molecule has 0 spiro atoms. The second kappa shape index (κ2) is 6.05. The molecule has 5 nitrogen and oxygen atoms in total. The Bertz CT molecular complexity index is 398. The summed E-state index contributed by atoms with van der Waals surface area (Å²) < 4.78 is 18.0. The predicted octanol–water partition coefficient (Wildman–Crippen LogP) is 1.34. The Hall–Kier alpha value is -1.82. The number of methoxy groups -OCH3 is 1. The van der Waals surface area contributed by atoms with Gasteiger partial charge in [-0.15, -0.1) is 0 Å². The van der Waals surface area contributed by atoms with Crippen molar-refractivity contribution in [3.8, 4) is 5.75 Å². The lowest BCUT2D eigenvalue weighted by Gasteiger charge is -2.14. The van der Waals surface area contributed by atoms with E-state index in [0.29, 0.717) is 5.75 Å². The molecule has 0 aliphatic heterocycles. The lowest BCUT2D eigenvalue weighted by molar-refractivity contribution is 0.229. The Morgan fingerprint density at radius 3 is 2.88 bits per heavy atom. The highest BCUT2D eigenvalue weighted by molar-refractivity contribution is 5.91. The molecule has 1 atom stereocenters. The molecule has 1 unspecified atom stereocenters. The zero-order chi connectivity index (χ0) is 12.8. The van der Waals surface area contributed by atoms with Gasteiger partial charge in [0.15, 0.2) is 0 Å². The number of aliphatic hydroxyl groups is 1. The summed E-state index contributed by atoms with van der Waals surface area (Å²) in [7, 11) is 1.42. The third-order valence-corrected chi connectivity index (χ3v) is 2.06. The first-order valence-electron chi connectivity index (χ1n) is 5.08. The van der Waals surface area contributed by atoms with Crippen LogP contribution < -0.4 is 15.4 Å². The van der Waals surface area contributed by atoms with Crippen molar-refractivity contribution in [3.63, 3.8) is 0 Å². The number of hydrogen-bond donors (Lipinski definition) is 3. The third-order valence-electron chi connectivity index (χ3n) is 2.06. The molecule has 0 bridgehead atoms. The number of halogens is 1. The van der Waals surface area contributed by atoms with Gasteiger partial charge in [-0.2, -0.15) is 0 Å². The number of rotatable bonds is 4. The summed E-state index contributed by atoms with van der Waals surface area (Å²) in [6.07, 6.45) is 0. The van der Waals surface area contributed by atoms with E-state index in [1.807, 2.05) is 0 Å². The summed E-state index contributed by atoms with van der Waals surface area (Å²) in [6, 6.07) is 2.89. The SMILES string of the molecule is COc1ccc(F)cc1NC(=O)NC(C)CO. The zero-order valence-corrected chi connectivity index (χ0v) is 9.66. The fraction of sp³-hybridized carbons (Fsp3) is 0.364. The fourth-order valence-electron chi connectivity index (χ4n) is 1.21. The molecule has 6 heteroatoms. The van der Waals surface area contributed by atoms with E-state index in [4.69, 9.17) is 9.84 Å². The van der Waals surface area contributed by atoms with Crippen molar-refractivity contribution in [2.45, 2.75) is 13.0 Å². The van der Waals surface area contributed by atoms with Gasteiger partial charge in [0.05, 0.1) is 25.4 Å². The van der Waals surface area contributed by atoms with Crippen molar-refractivity contribution in [1.82, 2.24) is 5.32 Å². The first-order valence-corrected chi connectivity index (χ1v) is 5.08. The van der Waals surface area contributed by atoms with Gasteiger partial charge in [0, 0.05) is 6.07 Å². The van der Waals surface area contributed by atoms with Crippen LogP contribution in [0.15, 0.2) is 18.2 Å². The number of aliphatic hydroxyl groups excluding tert-OH is 1. The molecule has 94 valence electrons. The van der Waals surface area contributed by atoms with Crippen LogP contribution in [-0.4, -0.2) is 30.9 Å². The molecule has 0 aromatic heterocycles. The number of anilines is 1. The number of benzene rings is 1. The van der Waals surface area contributed by atoms with E-state index < -0.39 is 11.8 Å². The second-order valence-electron chi connectivity index (χ2n) is 3.53. The first-order chi connectivity index (χ1) is 8.06. The monoisotopic (exact) mass is 242 g/mol. The maximum absolute atomic E-state index is 13.0. The van der Waals surface area contributed by atoms with Crippen LogP contribution in [0.5, 0.6) is 5.75 Å². The average Bonchev–Trinajstić information content (AvgIpc) is 2.29. The van der Waals surface area contributed by atoms with Crippen molar-refractivity contribution in [2.24, 2.45) is 0 Å². The van der Waals surface area contributed by atoms with Gasteiger partial charge >= 0.3 is 6.03 Å². The quantitative estimate of drug-likeness (QED) is 0.746. The van der Waals surface area contributed by atoms with Gasteiger partial charge in [0.2, 0.25) is 0 Å². The minimum absolute atomic E-state index is 0.173. The molecule has 3 N–H and O–H groups in total. The molecule has 0 fully saturated rings. The van der Waals surface area contributed by atoms with Crippen molar-refractivity contribution >= 4 is 11.7 Å². The minimum atomic E-state index is -0.532. The fourth-order valence-corrected chi connectivity index (χ4v) is 1.21. The molecule has 17 heavy (non-hydrogen) atoms. The number of carbonyl (C=O) groups excluding carboxylic acids is 1. The molecule has 0 heterocycles. The van der Waals surface area contributed by atoms with Crippen LogP contribution in [-0.2, 0) is 0 Å². The number of urea groups is 1. The van der Waals surface area contributed by atoms with Gasteiger partial charge in [-0.3, -0.25) is 0 Å². The molecule has 0 aliphatic carbocycles. The van der Waals surface area contributed by atoms with Crippen LogP contribution in [0, 0.1) is 5.82 Å². The van der Waals surface area contributed by atoms with E-state index in [1.165, 1.54) is 19.2 Å². The predicted molar refractivity (Wildman–Crippen MR) is 61.7 cm³/mol. The van der Waals surface area contributed by atoms with E-state index in [2.05, 4.69) is 10.6 Å². The van der Waals surface area contributed by atoms with Crippen LogP contribution in [0.3, 0.4) is 0 Å². The summed E-state index contributed by atoms with van der Waals surface area (Å²) in [4.78, 5) is 11.4. The molecule has 0 aliphatic rings. The van der Waals surface area contributed by atoms with Crippen molar-refractivity contribution in [2.75, 3.05) is 19.0 Å². The van der Waals surface area contributed by atoms with Crippen LogP contribution in [0.1, 0.15) is 6.92 Å². The van der Waals surface area contributed by atoms with Gasteiger partial charge in [0.25, 0.3) is 0 Å². The van der Waals surface area contributed by atoms with E-state index in [9.17, 15) is 9.18 Å². The number of amides is 2. The Morgan fingerprint density at radius 1 is 1.59 bits per heavy atom. The van der Waals surface area contributed by atoms with Gasteiger partial charge in [-0.1, -0.05) is 0 Å². The van der Waals surface area contributed by atoms with Crippen molar-refractivity contribution in [3.05, 3.63) is 24.0 Å². The lowest BCUT2D eigenvalue weighted by Crippen LogP contribution is -2.38. The number of carbonyl (C=O) groups is 1. The molecule has 1 aromatic rings. The van der Waals surface area contributed by atoms with E-state index in [-0.39, 0.29) is 18.3 Å². The maximum atomic E-state index is 13.0. The molecular formula is C11H15FN2O3. The summed E-state index contributed by atoms with van der Waals surface area (Å²) in [6.45, 7) is 1.47. The third kappa shape index (κ3) is 3.92. The standard InChI is InChI=1S/C11H15FN2O3/c1-7(6-15)13-11(16)14-9-5-8(12)3-4-10(9)17-2/h3-5,7,15H,6H2,1-2H3,(H2,13,14,16). The van der Waals surface area contributed by atoms with Crippen LogP contribution >= 0.6 is 0 Å². The summed E-state index contributed by atoms with van der Waals surface area (Å²) >= 11 is 0. The Morgan fingerprint density at radius 2 is 2.29 bits per heavy atom. The van der Waals surface area contributed by atoms with E-state index >= 15 is 0 Å². The summed E-state index contributed by atoms with van der Waals surface area (Å²) in [5.74, 6) is -0.116. The summed E-state index contributed by atoms with van der Waals surface area (Å²) in [5, 5.41) is 13.7. The van der Waals surface area contributed by atoms with Gasteiger partial charge < -0.3 is 20.5 Å². The molecular weight excluding hydrogens is 227 g/mol. The Balaban J connectivity index is 2.73. The normalized spacial score (nSPS) is 11.8. The first kappa shape index (κ1) is 13.2. The molecule has 0 radical (unpaired) electrons. The smallest absolute Gasteiger partial charge is 0.319 e. The highest BCUT2D eigenvalue weighted by Gasteiger charge is 2.10. The zero-order valence-electron chi connectivity index (χ0n) is 9.66. The molecule has 0 saturated carbocycles. The van der Waals surface area contributed by atoms with Crippen LogP contribution in [0.2, 0.25) is 0 Å². The number of hydrogen-bond acceptors (Lipinski definition) is 3. The highest BCUT2D eigenvalue weighted by atomic mass is 19.1. The Labute approximate surface area is 98.6 Å². The molecule has 1 aromatic carbocycles. The molecule has 0 saturated heterocycles.